The van der Waals surface area contributed by atoms with Gasteiger partial charge in [-0.05, 0) is 43.5 Å². The lowest BCUT2D eigenvalue weighted by molar-refractivity contribution is 0.619. The second kappa shape index (κ2) is 5.93. The molecule has 2 rings (SSSR count). The number of aromatic nitrogens is 4. The van der Waals surface area contributed by atoms with Crippen molar-refractivity contribution in [2.24, 2.45) is 7.05 Å². The van der Waals surface area contributed by atoms with Crippen molar-refractivity contribution in [3.05, 3.63) is 10.5 Å². The second-order valence-corrected chi connectivity index (χ2v) is 5.78. The minimum atomic E-state index is 0.817. The van der Waals surface area contributed by atoms with Gasteiger partial charge in [0.2, 0.25) is 0 Å². The summed E-state index contributed by atoms with van der Waals surface area (Å²) in [6.45, 7) is 3.09. The van der Waals surface area contributed by atoms with Gasteiger partial charge in [-0.3, -0.25) is 4.68 Å². The van der Waals surface area contributed by atoms with E-state index in [0.29, 0.717) is 0 Å². The van der Waals surface area contributed by atoms with Crippen molar-refractivity contribution in [2.75, 3.05) is 12.0 Å². The molecule has 2 aromatic rings. The molecule has 0 radical (unpaired) electrons. The third kappa shape index (κ3) is 2.49. The van der Waals surface area contributed by atoms with Gasteiger partial charge in [-0.15, -0.1) is 0 Å². The molecule has 4 nitrogen and oxygen atoms in total. The van der Waals surface area contributed by atoms with Gasteiger partial charge in [0.1, 0.15) is 5.52 Å². The van der Waals surface area contributed by atoms with Gasteiger partial charge in [0.05, 0.1) is 5.69 Å². The van der Waals surface area contributed by atoms with Gasteiger partial charge in [0, 0.05) is 13.6 Å². The van der Waals surface area contributed by atoms with E-state index in [1.807, 2.05) is 23.5 Å². The Balaban J connectivity index is 2.29. The number of rotatable bonds is 6. The molecule has 0 atom stereocenters. The van der Waals surface area contributed by atoms with Gasteiger partial charge in [-0.2, -0.15) is 16.9 Å². The van der Waals surface area contributed by atoms with Crippen LogP contribution >= 0.6 is 24.0 Å². The fourth-order valence-corrected chi connectivity index (χ4v) is 3.02. The first-order chi connectivity index (χ1) is 8.69. The van der Waals surface area contributed by atoms with Crippen molar-refractivity contribution in [3.8, 4) is 0 Å². The number of aromatic amines is 1. The number of H-pyrrole nitrogens is 1. The highest BCUT2D eigenvalue weighted by Crippen LogP contribution is 2.18. The minimum absolute atomic E-state index is 0.817. The standard InChI is InChI=1S/C12H20N4S2/c1-4-9-10-11(15(2)14-9)16(12(17)13-10)7-5-6-8-18-3/h4-8H2,1-3H3,(H,13,17). The van der Waals surface area contributed by atoms with Gasteiger partial charge in [-0.1, -0.05) is 6.92 Å². The number of imidazole rings is 1. The molecule has 0 saturated carbocycles. The third-order valence-electron chi connectivity index (χ3n) is 3.14. The molecule has 0 saturated heterocycles. The lowest BCUT2D eigenvalue weighted by Gasteiger charge is -2.04. The van der Waals surface area contributed by atoms with Crippen molar-refractivity contribution in [2.45, 2.75) is 32.7 Å². The van der Waals surface area contributed by atoms with E-state index in [-0.39, 0.29) is 0 Å². The summed E-state index contributed by atoms with van der Waals surface area (Å²) in [4.78, 5) is 3.30. The van der Waals surface area contributed by atoms with Crippen LogP contribution < -0.4 is 0 Å². The molecule has 0 unspecified atom stereocenters. The summed E-state index contributed by atoms with van der Waals surface area (Å²) in [6, 6.07) is 0. The van der Waals surface area contributed by atoms with Gasteiger partial charge < -0.3 is 9.55 Å². The minimum Gasteiger partial charge on any atom is -0.328 e. The Morgan fingerprint density at radius 3 is 2.83 bits per heavy atom. The van der Waals surface area contributed by atoms with Crippen LogP contribution in [0.3, 0.4) is 0 Å². The monoisotopic (exact) mass is 284 g/mol. The van der Waals surface area contributed by atoms with E-state index < -0.39 is 0 Å². The molecule has 0 amide bonds. The van der Waals surface area contributed by atoms with Crippen LogP contribution in [0.2, 0.25) is 0 Å². The smallest absolute Gasteiger partial charge is 0.179 e. The molecule has 0 bridgehead atoms. The zero-order valence-corrected chi connectivity index (χ0v) is 12.8. The molecule has 100 valence electrons. The van der Waals surface area contributed by atoms with E-state index in [2.05, 4.69) is 27.8 Å². The third-order valence-corrected chi connectivity index (χ3v) is 4.16. The molecule has 0 aliphatic carbocycles. The van der Waals surface area contributed by atoms with Crippen LogP contribution in [0.15, 0.2) is 0 Å². The van der Waals surface area contributed by atoms with E-state index in [1.165, 1.54) is 12.2 Å². The molecule has 6 heteroatoms. The Labute approximate surface area is 117 Å². The summed E-state index contributed by atoms with van der Waals surface area (Å²) in [5.74, 6) is 1.21. The van der Waals surface area contributed by atoms with Crippen LogP contribution in [0.4, 0.5) is 0 Å². The van der Waals surface area contributed by atoms with Crippen LogP contribution in [0.25, 0.3) is 11.2 Å². The Morgan fingerprint density at radius 1 is 1.39 bits per heavy atom. The fourth-order valence-electron chi connectivity index (χ4n) is 2.25. The predicted molar refractivity (Wildman–Crippen MR) is 80.9 cm³/mol. The Kier molecular flexibility index (Phi) is 4.50. The number of hydrogen-bond acceptors (Lipinski definition) is 3. The normalized spacial score (nSPS) is 11.5. The highest BCUT2D eigenvalue weighted by Gasteiger charge is 2.13. The van der Waals surface area contributed by atoms with E-state index in [0.717, 1.165) is 41.0 Å². The molecule has 2 heterocycles. The molecule has 0 fully saturated rings. The van der Waals surface area contributed by atoms with Crippen LogP contribution in [0.1, 0.15) is 25.5 Å². The molecular formula is C12H20N4S2. The summed E-state index contributed by atoms with van der Waals surface area (Å²) >= 11 is 7.31. The van der Waals surface area contributed by atoms with Gasteiger partial charge >= 0.3 is 0 Å². The van der Waals surface area contributed by atoms with Gasteiger partial charge in [-0.25, -0.2) is 0 Å². The zero-order chi connectivity index (χ0) is 13.1. The summed E-state index contributed by atoms with van der Waals surface area (Å²) in [5, 5.41) is 4.53. The van der Waals surface area contributed by atoms with Crippen LogP contribution in [0, 0.1) is 4.77 Å². The number of thioether (sulfide) groups is 1. The fraction of sp³-hybridized carbons (Fsp3) is 0.667. The SMILES string of the molecule is CCc1nn(C)c2c1[nH]c(=S)n2CCCCSC. The van der Waals surface area contributed by atoms with Gasteiger partial charge in [0.15, 0.2) is 10.4 Å². The lowest BCUT2D eigenvalue weighted by Crippen LogP contribution is -2.03. The molecule has 0 aliphatic heterocycles. The largest absolute Gasteiger partial charge is 0.328 e. The van der Waals surface area contributed by atoms with Gasteiger partial charge in [0.25, 0.3) is 0 Å². The van der Waals surface area contributed by atoms with Crippen molar-refractivity contribution >= 4 is 35.1 Å². The molecule has 0 aromatic carbocycles. The summed E-state index contributed by atoms with van der Waals surface area (Å²) in [5.41, 5.74) is 3.33. The first kappa shape index (κ1) is 13.7. The van der Waals surface area contributed by atoms with E-state index in [9.17, 15) is 0 Å². The molecule has 18 heavy (non-hydrogen) atoms. The second-order valence-electron chi connectivity index (χ2n) is 4.40. The maximum atomic E-state index is 5.41. The number of nitrogens with zero attached hydrogens (tertiary/aromatic N) is 3. The number of fused-ring (bicyclic) bond motifs is 1. The summed E-state index contributed by atoms with van der Waals surface area (Å²) < 4.78 is 4.93. The van der Waals surface area contributed by atoms with Crippen molar-refractivity contribution in [1.29, 1.82) is 0 Å². The molecule has 0 aliphatic rings. The molecular weight excluding hydrogens is 264 g/mol. The average Bonchev–Trinajstić information content (AvgIpc) is 2.83. The Bertz CT molecular complexity index is 579. The van der Waals surface area contributed by atoms with Crippen LogP contribution in [-0.2, 0) is 20.0 Å². The highest BCUT2D eigenvalue weighted by molar-refractivity contribution is 7.98. The maximum Gasteiger partial charge on any atom is 0.179 e. The summed E-state index contributed by atoms with van der Waals surface area (Å²) in [7, 11) is 1.99. The Morgan fingerprint density at radius 2 is 2.17 bits per heavy atom. The molecule has 1 N–H and O–H groups in total. The van der Waals surface area contributed by atoms with Crippen LogP contribution in [-0.4, -0.2) is 31.3 Å². The van der Waals surface area contributed by atoms with E-state index in [4.69, 9.17) is 12.2 Å². The van der Waals surface area contributed by atoms with Crippen molar-refractivity contribution < 1.29 is 0 Å². The zero-order valence-electron chi connectivity index (χ0n) is 11.2. The first-order valence-electron chi connectivity index (χ1n) is 6.32. The average molecular weight is 284 g/mol. The first-order valence-corrected chi connectivity index (χ1v) is 8.12. The number of nitrogens with one attached hydrogen (secondary N) is 1. The molecule has 2 aromatic heterocycles. The number of unbranched alkanes of at least 4 members (excludes halogenated alkanes) is 1. The highest BCUT2D eigenvalue weighted by atomic mass is 32.2. The maximum absolute atomic E-state index is 5.41. The van der Waals surface area contributed by atoms with E-state index >= 15 is 0 Å². The van der Waals surface area contributed by atoms with Crippen molar-refractivity contribution in [1.82, 2.24) is 19.3 Å². The van der Waals surface area contributed by atoms with Crippen molar-refractivity contribution in [3.63, 3.8) is 0 Å². The number of aryl methyl sites for hydroxylation is 3. The summed E-state index contributed by atoms with van der Waals surface area (Å²) in [6.07, 6.45) is 5.47. The number of hydrogen-bond donors (Lipinski definition) is 1. The predicted octanol–water partition coefficient (Wildman–Crippen LogP) is 3.14. The lowest BCUT2D eigenvalue weighted by atomic mass is 10.3. The Hall–Kier alpha value is -0.750. The quantitative estimate of drug-likeness (QED) is 0.654. The topological polar surface area (TPSA) is 38.5 Å². The van der Waals surface area contributed by atoms with E-state index in [1.54, 1.807) is 0 Å². The molecule has 0 spiro atoms. The van der Waals surface area contributed by atoms with Crippen LogP contribution in [0.5, 0.6) is 0 Å².